The first kappa shape index (κ1) is 13.3. The highest BCUT2D eigenvalue weighted by molar-refractivity contribution is 6.28. The zero-order valence-electron chi connectivity index (χ0n) is 10.9. The lowest BCUT2D eigenvalue weighted by Crippen LogP contribution is -2.09. The van der Waals surface area contributed by atoms with Crippen LogP contribution in [-0.4, -0.2) is 30.9 Å². The number of nitrogens with one attached hydrogen (secondary N) is 1. The molecule has 0 atom stereocenters. The first-order chi connectivity index (χ1) is 10.0. The van der Waals surface area contributed by atoms with Crippen LogP contribution in [0.5, 0.6) is 0 Å². The minimum absolute atomic E-state index is 0.132. The second-order valence-electron chi connectivity index (χ2n) is 4.35. The predicted molar refractivity (Wildman–Crippen MR) is 78.2 cm³/mol. The number of halogens is 1. The van der Waals surface area contributed by atoms with Crippen LogP contribution >= 0.6 is 11.6 Å². The number of hydrogen-bond acceptors (Lipinski definition) is 5. The van der Waals surface area contributed by atoms with Crippen molar-refractivity contribution < 1.29 is 9.90 Å². The number of carbonyl (C=O) groups is 1. The van der Waals surface area contributed by atoms with Crippen LogP contribution in [0.1, 0.15) is 5.69 Å². The fourth-order valence-corrected chi connectivity index (χ4v) is 2.19. The molecule has 0 saturated heterocycles. The van der Waals surface area contributed by atoms with Crippen molar-refractivity contribution in [2.24, 2.45) is 0 Å². The van der Waals surface area contributed by atoms with Crippen LogP contribution < -0.4 is 5.32 Å². The normalized spacial score (nSPS) is 10.8. The Kier molecular flexibility index (Phi) is 3.19. The number of benzene rings is 1. The molecular formula is C13H10ClN5O2. The highest BCUT2D eigenvalue weighted by atomic mass is 35.5. The van der Waals surface area contributed by atoms with Crippen molar-refractivity contribution in [1.82, 2.24) is 19.7 Å². The van der Waals surface area contributed by atoms with Gasteiger partial charge in [-0.2, -0.15) is 9.78 Å². The molecule has 7 nitrogen and oxygen atoms in total. The standard InChI is InChI=1S/C13H10ClN5O2/c1-7-9-3-2-8(6-10(9)19(18-7)13(20)21)16-11-4-5-15-12(14)17-11/h2-6H,1H3,(H,20,21)(H,15,16,17). The molecule has 0 amide bonds. The quantitative estimate of drug-likeness (QED) is 0.707. The van der Waals surface area contributed by atoms with Crippen molar-refractivity contribution in [2.75, 3.05) is 5.32 Å². The lowest BCUT2D eigenvalue weighted by Gasteiger charge is -2.06. The van der Waals surface area contributed by atoms with E-state index in [2.05, 4.69) is 20.4 Å². The monoisotopic (exact) mass is 303 g/mol. The molecule has 3 aromatic rings. The zero-order chi connectivity index (χ0) is 15.0. The molecule has 0 aliphatic rings. The first-order valence-corrected chi connectivity index (χ1v) is 6.40. The molecule has 21 heavy (non-hydrogen) atoms. The van der Waals surface area contributed by atoms with Crippen LogP contribution in [0.25, 0.3) is 10.9 Å². The van der Waals surface area contributed by atoms with Gasteiger partial charge in [-0.1, -0.05) is 0 Å². The third-order valence-corrected chi connectivity index (χ3v) is 3.13. The Morgan fingerprint density at radius 2 is 2.19 bits per heavy atom. The minimum atomic E-state index is -1.13. The van der Waals surface area contributed by atoms with Crippen LogP contribution in [0.15, 0.2) is 30.5 Å². The summed E-state index contributed by atoms with van der Waals surface area (Å²) in [5.41, 5.74) is 1.84. The van der Waals surface area contributed by atoms with Gasteiger partial charge in [0.25, 0.3) is 0 Å². The van der Waals surface area contributed by atoms with Gasteiger partial charge in [-0.05, 0) is 42.8 Å². The van der Waals surface area contributed by atoms with Gasteiger partial charge in [0, 0.05) is 17.3 Å². The van der Waals surface area contributed by atoms with E-state index in [1.54, 1.807) is 19.1 Å². The molecule has 8 heteroatoms. The van der Waals surface area contributed by atoms with Gasteiger partial charge in [-0.15, -0.1) is 0 Å². The fourth-order valence-electron chi connectivity index (χ4n) is 2.05. The van der Waals surface area contributed by atoms with Crippen LogP contribution in [-0.2, 0) is 0 Å². The Hall–Kier alpha value is -2.67. The van der Waals surface area contributed by atoms with Gasteiger partial charge >= 0.3 is 6.09 Å². The number of hydrogen-bond donors (Lipinski definition) is 2. The van der Waals surface area contributed by atoms with E-state index in [1.165, 1.54) is 6.20 Å². The maximum Gasteiger partial charge on any atom is 0.432 e. The fraction of sp³-hybridized carbons (Fsp3) is 0.0769. The van der Waals surface area contributed by atoms with Crippen molar-refractivity contribution in [1.29, 1.82) is 0 Å². The Morgan fingerprint density at radius 3 is 2.90 bits per heavy atom. The van der Waals surface area contributed by atoms with E-state index >= 15 is 0 Å². The van der Waals surface area contributed by atoms with Gasteiger partial charge in [0.15, 0.2) is 0 Å². The van der Waals surface area contributed by atoms with E-state index < -0.39 is 6.09 Å². The summed E-state index contributed by atoms with van der Waals surface area (Å²) in [6, 6.07) is 6.98. The molecule has 2 aromatic heterocycles. The van der Waals surface area contributed by atoms with Crippen LogP contribution in [0.4, 0.5) is 16.3 Å². The van der Waals surface area contributed by atoms with Gasteiger partial charge in [0.2, 0.25) is 5.28 Å². The molecule has 106 valence electrons. The third-order valence-electron chi connectivity index (χ3n) is 2.95. The molecule has 0 spiro atoms. The highest BCUT2D eigenvalue weighted by Crippen LogP contribution is 2.24. The second kappa shape index (κ2) is 5.02. The molecule has 0 saturated carbocycles. The van der Waals surface area contributed by atoms with Crippen LogP contribution in [0.3, 0.4) is 0 Å². The van der Waals surface area contributed by atoms with Gasteiger partial charge < -0.3 is 10.4 Å². The molecule has 0 aliphatic heterocycles. The highest BCUT2D eigenvalue weighted by Gasteiger charge is 2.12. The van der Waals surface area contributed by atoms with Crippen LogP contribution in [0, 0.1) is 6.92 Å². The number of aryl methyl sites for hydroxylation is 1. The van der Waals surface area contributed by atoms with E-state index in [9.17, 15) is 4.79 Å². The number of nitrogens with zero attached hydrogens (tertiary/aromatic N) is 4. The van der Waals surface area contributed by atoms with Gasteiger partial charge in [0.05, 0.1) is 11.2 Å². The predicted octanol–water partition coefficient (Wildman–Crippen LogP) is 3.06. The summed E-state index contributed by atoms with van der Waals surface area (Å²) in [4.78, 5) is 19.0. The van der Waals surface area contributed by atoms with Crippen molar-refractivity contribution in [2.45, 2.75) is 6.92 Å². The van der Waals surface area contributed by atoms with E-state index in [-0.39, 0.29) is 5.28 Å². The summed E-state index contributed by atoms with van der Waals surface area (Å²) >= 11 is 5.72. The van der Waals surface area contributed by atoms with Crippen molar-refractivity contribution >= 4 is 40.1 Å². The van der Waals surface area contributed by atoms with Gasteiger partial charge in [-0.25, -0.2) is 14.8 Å². The maximum atomic E-state index is 11.2. The summed E-state index contributed by atoms with van der Waals surface area (Å²) < 4.78 is 0.947. The number of aromatic nitrogens is 4. The van der Waals surface area contributed by atoms with E-state index in [0.717, 1.165) is 10.1 Å². The van der Waals surface area contributed by atoms with Gasteiger partial charge in [0.1, 0.15) is 5.82 Å². The van der Waals surface area contributed by atoms with Crippen LogP contribution in [0.2, 0.25) is 5.28 Å². The number of carboxylic acid groups (broad SMARTS) is 1. The number of rotatable bonds is 2. The summed E-state index contributed by atoms with van der Waals surface area (Å²) in [6.07, 6.45) is 0.400. The van der Waals surface area contributed by atoms with Gasteiger partial charge in [-0.3, -0.25) is 0 Å². The first-order valence-electron chi connectivity index (χ1n) is 6.03. The topological polar surface area (TPSA) is 92.9 Å². The molecule has 1 aromatic carbocycles. The SMILES string of the molecule is Cc1nn(C(=O)O)c2cc(Nc3ccnc(Cl)n3)ccc12. The summed E-state index contributed by atoms with van der Waals surface area (Å²) in [5.74, 6) is 0.521. The van der Waals surface area contributed by atoms with Crippen molar-refractivity contribution in [3.63, 3.8) is 0 Å². The molecule has 0 aliphatic carbocycles. The Labute approximate surface area is 124 Å². The summed E-state index contributed by atoms with van der Waals surface area (Å²) in [6.45, 7) is 1.76. The summed E-state index contributed by atoms with van der Waals surface area (Å²) in [7, 11) is 0. The molecule has 0 unspecified atom stereocenters. The average molecular weight is 304 g/mol. The number of fused-ring (bicyclic) bond motifs is 1. The lowest BCUT2D eigenvalue weighted by molar-refractivity contribution is 0.194. The molecule has 0 fully saturated rings. The van der Waals surface area contributed by atoms with E-state index in [1.807, 2.05) is 12.1 Å². The smallest absolute Gasteiger partial charge is 0.432 e. The zero-order valence-corrected chi connectivity index (χ0v) is 11.7. The lowest BCUT2D eigenvalue weighted by atomic mass is 10.2. The molecule has 0 radical (unpaired) electrons. The second-order valence-corrected chi connectivity index (χ2v) is 4.69. The molecule has 0 bridgehead atoms. The molecular weight excluding hydrogens is 294 g/mol. The molecule has 2 N–H and O–H groups in total. The Balaban J connectivity index is 2.04. The van der Waals surface area contributed by atoms with Crippen molar-refractivity contribution in [3.05, 3.63) is 41.4 Å². The summed E-state index contributed by atoms with van der Waals surface area (Å²) in [5, 5.41) is 17.1. The third kappa shape index (κ3) is 2.50. The van der Waals surface area contributed by atoms with E-state index in [0.29, 0.717) is 22.7 Å². The number of anilines is 2. The molecule has 3 rings (SSSR count). The maximum absolute atomic E-state index is 11.2. The largest absolute Gasteiger partial charge is 0.463 e. The molecule has 2 heterocycles. The Bertz CT molecular complexity index is 846. The van der Waals surface area contributed by atoms with E-state index in [4.69, 9.17) is 16.7 Å². The van der Waals surface area contributed by atoms with Crippen molar-refractivity contribution in [3.8, 4) is 0 Å². The minimum Gasteiger partial charge on any atom is -0.463 e. The average Bonchev–Trinajstić information content (AvgIpc) is 2.76. The Morgan fingerprint density at radius 1 is 1.38 bits per heavy atom.